The molecule has 28 heavy (non-hydrogen) atoms. The first kappa shape index (κ1) is 19.8. The number of anilines is 1. The highest BCUT2D eigenvalue weighted by Gasteiger charge is 2.27. The van der Waals surface area contributed by atoms with E-state index in [0.29, 0.717) is 0 Å². The lowest BCUT2D eigenvalue weighted by atomic mass is 10.1. The molecule has 0 atom stereocenters. The molecule has 0 unspecified atom stereocenters. The number of aryl methyl sites for hydroxylation is 1. The van der Waals surface area contributed by atoms with Crippen LogP contribution >= 0.6 is 48.0 Å². The van der Waals surface area contributed by atoms with Crippen molar-refractivity contribution in [1.29, 1.82) is 0 Å². The Morgan fingerprint density at radius 2 is 1.96 bits per heavy atom. The van der Waals surface area contributed by atoms with Crippen molar-refractivity contribution in [3.63, 3.8) is 0 Å². The molecular formula is C22H22N2S4. The molecule has 2 aromatic rings. The van der Waals surface area contributed by atoms with Gasteiger partial charge in [-0.3, -0.25) is 0 Å². The highest BCUT2D eigenvalue weighted by Crippen LogP contribution is 2.39. The van der Waals surface area contributed by atoms with Crippen LogP contribution in [0.2, 0.25) is 0 Å². The third-order valence-electron chi connectivity index (χ3n) is 5.35. The van der Waals surface area contributed by atoms with Gasteiger partial charge in [0, 0.05) is 38.7 Å². The van der Waals surface area contributed by atoms with Gasteiger partial charge in [0.05, 0.1) is 4.99 Å². The molecule has 1 aliphatic heterocycles. The highest BCUT2D eigenvalue weighted by molar-refractivity contribution is 7.81. The molecule has 0 saturated carbocycles. The Hall–Kier alpha value is -1.47. The Morgan fingerprint density at radius 3 is 2.68 bits per heavy atom. The molecule has 1 N–H and O–H groups in total. The van der Waals surface area contributed by atoms with Gasteiger partial charge in [-0.15, -0.1) is 11.3 Å². The van der Waals surface area contributed by atoms with E-state index in [1.165, 1.54) is 28.8 Å². The maximum atomic E-state index is 5.64. The van der Waals surface area contributed by atoms with E-state index in [-0.39, 0.29) is 0 Å². The van der Waals surface area contributed by atoms with Gasteiger partial charge in [-0.2, -0.15) is 0 Å². The summed E-state index contributed by atoms with van der Waals surface area (Å²) in [5, 5.41) is 4.61. The second kappa shape index (κ2) is 8.11. The van der Waals surface area contributed by atoms with E-state index < -0.39 is 0 Å². The molecule has 0 bridgehead atoms. The number of benzene rings is 1. The predicted octanol–water partition coefficient (Wildman–Crippen LogP) is 6.16. The topological polar surface area (TPSA) is 15.3 Å². The zero-order valence-corrected chi connectivity index (χ0v) is 19.1. The second-order valence-corrected chi connectivity index (χ2v) is 9.82. The number of thiocarbonyl (C=S) groups is 3. The van der Waals surface area contributed by atoms with Crippen LogP contribution in [-0.2, 0) is 12.8 Å². The number of thiophene rings is 1. The van der Waals surface area contributed by atoms with Gasteiger partial charge >= 0.3 is 0 Å². The summed E-state index contributed by atoms with van der Waals surface area (Å²) in [6, 6.07) is 8.21. The van der Waals surface area contributed by atoms with E-state index in [4.69, 9.17) is 36.7 Å². The first-order valence-electron chi connectivity index (χ1n) is 9.53. The summed E-state index contributed by atoms with van der Waals surface area (Å²) in [4.78, 5) is 6.30. The Labute approximate surface area is 186 Å². The van der Waals surface area contributed by atoms with Crippen LogP contribution in [0, 0.1) is 0 Å². The van der Waals surface area contributed by atoms with Crippen molar-refractivity contribution >= 4 is 73.5 Å². The first-order valence-corrected chi connectivity index (χ1v) is 11.6. The number of nitrogens with one attached hydrogen (secondary N) is 1. The third kappa shape index (κ3) is 3.59. The van der Waals surface area contributed by atoms with Crippen molar-refractivity contribution in [2.75, 3.05) is 11.9 Å². The molecule has 1 aliphatic carbocycles. The Kier molecular flexibility index (Phi) is 5.74. The van der Waals surface area contributed by atoms with Crippen molar-refractivity contribution in [1.82, 2.24) is 4.90 Å². The largest absolute Gasteiger partial charge is 0.341 e. The molecule has 0 fully saturated rings. The van der Waals surface area contributed by atoms with Crippen LogP contribution in [0.3, 0.4) is 0 Å². The van der Waals surface area contributed by atoms with Gasteiger partial charge in [-0.05, 0) is 44.6 Å². The number of fused-ring (bicyclic) bond motifs is 2. The van der Waals surface area contributed by atoms with E-state index in [1.54, 1.807) is 0 Å². The molecule has 0 spiro atoms. The summed E-state index contributed by atoms with van der Waals surface area (Å²) >= 11 is 18.6. The monoisotopic (exact) mass is 442 g/mol. The van der Waals surface area contributed by atoms with E-state index in [1.807, 2.05) is 30.4 Å². The van der Waals surface area contributed by atoms with E-state index >= 15 is 0 Å². The summed E-state index contributed by atoms with van der Waals surface area (Å²) in [6.45, 7) is 7.07. The van der Waals surface area contributed by atoms with Crippen LogP contribution in [-0.4, -0.2) is 26.3 Å². The van der Waals surface area contributed by atoms with E-state index in [0.717, 1.165) is 62.5 Å². The molecule has 2 heterocycles. The van der Waals surface area contributed by atoms with Crippen molar-refractivity contribution in [2.45, 2.75) is 39.0 Å². The molecule has 6 heteroatoms. The minimum atomic E-state index is 0.816. The number of hydrogen-bond donors (Lipinski definition) is 1. The first-order chi connectivity index (χ1) is 13.5. The molecule has 4 rings (SSSR count). The van der Waals surface area contributed by atoms with Gasteiger partial charge in [0.1, 0.15) is 9.99 Å². The van der Waals surface area contributed by atoms with Gasteiger partial charge < -0.3 is 10.2 Å². The molecule has 2 aliphatic rings. The zero-order chi connectivity index (χ0) is 19.8. The number of rotatable bonds is 6. The van der Waals surface area contributed by atoms with Crippen LogP contribution < -0.4 is 5.32 Å². The molecule has 0 amide bonds. The lowest BCUT2D eigenvalue weighted by Gasteiger charge is -2.19. The van der Waals surface area contributed by atoms with Crippen LogP contribution in [0.5, 0.6) is 0 Å². The minimum absolute atomic E-state index is 0.816. The van der Waals surface area contributed by atoms with E-state index in [9.17, 15) is 0 Å². The fraction of sp³-hybridized carbons (Fsp3) is 0.318. The molecule has 0 saturated heterocycles. The molecule has 144 valence electrons. The lowest BCUT2D eigenvalue weighted by molar-refractivity contribution is 0.581. The average Bonchev–Trinajstić information content (AvgIpc) is 3.30. The molecular weight excluding hydrogens is 421 g/mol. The predicted molar refractivity (Wildman–Crippen MR) is 133 cm³/mol. The van der Waals surface area contributed by atoms with Crippen LogP contribution in [0.25, 0.3) is 5.70 Å². The van der Waals surface area contributed by atoms with Crippen molar-refractivity contribution < 1.29 is 0 Å². The molecule has 2 nitrogen and oxygen atoms in total. The molecule has 1 aromatic carbocycles. The van der Waals surface area contributed by atoms with Crippen molar-refractivity contribution in [3.05, 3.63) is 58.0 Å². The van der Waals surface area contributed by atoms with Gasteiger partial charge in [0.15, 0.2) is 0 Å². The summed E-state index contributed by atoms with van der Waals surface area (Å²) in [5.41, 5.74) is 5.91. The van der Waals surface area contributed by atoms with E-state index in [2.05, 4.69) is 28.9 Å². The summed E-state index contributed by atoms with van der Waals surface area (Å²) in [7, 11) is 0. The Morgan fingerprint density at radius 1 is 1.21 bits per heavy atom. The van der Waals surface area contributed by atoms with Crippen LogP contribution in [0.1, 0.15) is 53.3 Å². The molecule has 0 radical (unpaired) electrons. The van der Waals surface area contributed by atoms with Crippen molar-refractivity contribution in [3.8, 4) is 0 Å². The average molecular weight is 443 g/mol. The summed E-state index contributed by atoms with van der Waals surface area (Å²) in [5.74, 6) is 0. The zero-order valence-electron chi connectivity index (χ0n) is 15.8. The summed E-state index contributed by atoms with van der Waals surface area (Å²) in [6.07, 6.45) is 5.29. The van der Waals surface area contributed by atoms with Gasteiger partial charge in [-0.1, -0.05) is 67.5 Å². The Balaban J connectivity index is 1.36. The minimum Gasteiger partial charge on any atom is -0.341 e. The number of hydrogen-bond acceptors (Lipinski definition) is 4. The maximum Gasteiger partial charge on any atom is 0.114 e. The van der Waals surface area contributed by atoms with Gasteiger partial charge in [0.25, 0.3) is 0 Å². The third-order valence-corrected chi connectivity index (χ3v) is 7.51. The normalized spacial score (nSPS) is 15.0. The molecule has 1 aromatic heterocycles. The van der Waals surface area contributed by atoms with Crippen LogP contribution in [0.15, 0.2) is 30.8 Å². The maximum absolute atomic E-state index is 5.64. The van der Waals surface area contributed by atoms with Gasteiger partial charge in [0.2, 0.25) is 0 Å². The Bertz CT molecular complexity index is 967. The second-order valence-electron chi connectivity index (χ2n) is 7.22. The number of nitrogens with zero attached hydrogens (tertiary/aromatic N) is 1. The quantitative estimate of drug-likeness (QED) is 0.425. The van der Waals surface area contributed by atoms with Gasteiger partial charge in [-0.25, -0.2) is 0 Å². The smallest absolute Gasteiger partial charge is 0.114 e. The SMILES string of the molecule is C=C1c2ccccc2C(=S)N1CCCC(=S)Nc1sc2c(c1C(C)=S)CCC2. The van der Waals surface area contributed by atoms with Crippen LogP contribution in [0.4, 0.5) is 5.00 Å². The fourth-order valence-corrected chi connectivity index (χ4v) is 6.38. The highest BCUT2D eigenvalue weighted by atomic mass is 32.1. The van der Waals surface area contributed by atoms with Crippen molar-refractivity contribution in [2.24, 2.45) is 0 Å². The lowest BCUT2D eigenvalue weighted by Crippen LogP contribution is -2.24. The summed E-state index contributed by atoms with van der Waals surface area (Å²) < 4.78 is 0. The standard InChI is InChI=1S/C22H22N2S4/c1-13-15-7-3-4-8-16(15)22(27)24(13)12-6-11-19(26)23-21-20(14(2)25)17-9-5-10-18(17)28-21/h3-4,7-8H,1,5-6,9-12H2,2H3,(H,23,26). The fourth-order valence-electron chi connectivity index (χ4n) is 4.02.